The van der Waals surface area contributed by atoms with E-state index in [9.17, 15) is 0 Å². The van der Waals surface area contributed by atoms with Gasteiger partial charge in [0.2, 0.25) is 0 Å². The molecular weight excluding hydrogens is 341 g/mol. The molecule has 0 aliphatic heterocycles. The van der Waals surface area contributed by atoms with Crippen LogP contribution in [0, 0.1) is 3.57 Å². The summed E-state index contributed by atoms with van der Waals surface area (Å²) >= 11 is 9.93. The van der Waals surface area contributed by atoms with E-state index in [2.05, 4.69) is 45.4 Å². The van der Waals surface area contributed by atoms with Crippen LogP contribution in [0.1, 0.15) is 4.88 Å². The Morgan fingerprint density at radius 3 is 2.87 bits per heavy atom. The summed E-state index contributed by atoms with van der Waals surface area (Å²) in [6.07, 6.45) is 0. The predicted octanol–water partition coefficient (Wildman–Crippen LogP) is 4.62. The molecule has 0 aliphatic carbocycles. The summed E-state index contributed by atoms with van der Waals surface area (Å²) in [4.78, 5) is 1.33. The molecule has 0 saturated carbocycles. The predicted molar refractivity (Wildman–Crippen MR) is 75.8 cm³/mol. The van der Waals surface area contributed by atoms with Gasteiger partial charge in [0.25, 0.3) is 0 Å². The minimum Gasteiger partial charge on any atom is -0.379 e. The molecular formula is C11H9ClINS. The van der Waals surface area contributed by atoms with Gasteiger partial charge in [0.15, 0.2) is 0 Å². The van der Waals surface area contributed by atoms with E-state index in [1.165, 1.54) is 4.88 Å². The Kier molecular flexibility index (Phi) is 3.88. The van der Waals surface area contributed by atoms with Crippen molar-refractivity contribution in [3.8, 4) is 0 Å². The largest absolute Gasteiger partial charge is 0.379 e. The fraction of sp³-hybridized carbons (Fsp3) is 0.0909. The standard InChI is InChI=1S/C11H9ClINS/c12-8-3-4-11(10(13)6-8)14-7-9-2-1-5-15-9/h1-6,14H,7H2. The number of hydrogen-bond acceptors (Lipinski definition) is 2. The molecule has 0 spiro atoms. The number of benzene rings is 1. The summed E-state index contributed by atoms with van der Waals surface area (Å²) in [5.74, 6) is 0. The van der Waals surface area contributed by atoms with Crippen molar-refractivity contribution in [1.82, 2.24) is 0 Å². The molecule has 0 saturated heterocycles. The topological polar surface area (TPSA) is 12.0 Å². The zero-order valence-electron chi connectivity index (χ0n) is 7.84. The average molecular weight is 350 g/mol. The SMILES string of the molecule is Clc1ccc(NCc2cccs2)c(I)c1. The van der Waals surface area contributed by atoms with Gasteiger partial charge < -0.3 is 5.32 Å². The van der Waals surface area contributed by atoms with E-state index in [4.69, 9.17) is 11.6 Å². The zero-order valence-corrected chi connectivity index (χ0v) is 11.6. The van der Waals surface area contributed by atoms with E-state index in [1.54, 1.807) is 11.3 Å². The van der Waals surface area contributed by atoms with E-state index in [-0.39, 0.29) is 0 Å². The summed E-state index contributed by atoms with van der Waals surface area (Å²) in [7, 11) is 0. The number of halogens is 2. The molecule has 15 heavy (non-hydrogen) atoms. The van der Waals surface area contributed by atoms with Crippen LogP contribution in [0.15, 0.2) is 35.7 Å². The number of thiophene rings is 1. The number of hydrogen-bond donors (Lipinski definition) is 1. The maximum Gasteiger partial charge on any atom is 0.0494 e. The first kappa shape index (κ1) is 11.2. The second-order valence-electron chi connectivity index (χ2n) is 3.06. The van der Waals surface area contributed by atoms with Gasteiger partial charge in [0.1, 0.15) is 0 Å². The molecule has 1 N–H and O–H groups in total. The lowest BCUT2D eigenvalue weighted by molar-refractivity contribution is 1.19. The number of anilines is 1. The molecule has 0 bridgehead atoms. The first-order valence-electron chi connectivity index (χ1n) is 4.47. The minimum absolute atomic E-state index is 0.779. The van der Waals surface area contributed by atoms with Crippen LogP contribution < -0.4 is 5.32 Å². The number of rotatable bonds is 3. The van der Waals surface area contributed by atoms with Crippen molar-refractivity contribution in [2.24, 2.45) is 0 Å². The normalized spacial score (nSPS) is 10.3. The molecule has 4 heteroatoms. The Balaban J connectivity index is 2.05. The lowest BCUT2D eigenvalue weighted by Crippen LogP contribution is -1.98. The first-order chi connectivity index (χ1) is 7.25. The highest BCUT2D eigenvalue weighted by atomic mass is 127. The highest BCUT2D eigenvalue weighted by Crippen LogP contribution is 2.23. The molecule has 0 radical (unpaired) electrons. The third-order valence-electron chi connectivity index (χ3n) is 1.96. The van der Waals surface area contributed by atoms with Crippen molar-refractivity contribution in [3.05, 3.63) is 49.2 Å². The molecule has 0 amide bonds. The quantitative estimate of drug-likeness (QED) is 0.797. The van der Waals surface area contributed by atoms with Crippen LogP contribution in [0.5, 0.6) is 0 Å². The van der Waals surface area contributed by atoms with Crippen molar-refractivity contribution in [2.45, 2.75) is 6.54 Å². The Morgan fingerprint density at radius 1 is 1.33 bits per heavy atom. The van der Waals surface area contributed by atoms with Gasteiger partial charge in [-0.1, -0.05) is 17.7 Å². The van der Waals surface area contributed by atoms with E-state index in [0.29, 0.717) is 0 Å². The van der Waals surface area contributed by atoms with Crippen molar-refractivity contribution in [3.63, 3.8) is 0 Å². The van der Waals surface area contributed by atoms with Gasteiger partial charge in [-0.25, -0.2) is 0 Å². The first-order valence-corrected chi connectivity index (χ1v) is 6.80. The van der Waals surface area contributed by atoms with Crippen molar-refractivity contribution >= 4 is 51.2 Å². The molecule has 0 unspecified atom stereocenters. The van der Waals surface area contributed by atoms with E-state index in [1.807, 2.05) is 18.2 Å². The summed E-state index contributed by atoms with van der Waals surface area (Å²) in [6, 6.07) is 10.1. The molecule has 1 aromatic carbocycles. The van der Waals surface area contributed by atoms with E-state index < -0.39 is 0 Å². The van der Waals surface area contributed by atoms with Crippen LogP contribution in [-0.4, -0.2) is 0 Å². The molecule has 1 aromatic heterocycles. The Morgan fingerprint density at radius 2 is 2.20 bits per heavy atom. The summed E-state index contributed by atoms with van der Waals surface area (Å²) < 4.78 is 1.15. The smallest absolute Gasteiger partial charge is 0.0494 e. The molecule has 0 aliphatic rings. The van der Waals surface area contributed by atoms with Gasteiger partial charge in [-0.3, -0.25) is 0 Å². The Hall–Kier alpha value is -0.260. The van der Waals surface area contributed by atoms with Gasteiger partial charge in [-0.15, -0.1) is 11.3 Å². The fourth-order valence-electron chi connectivity index (χ4n) is 1.23. The van der Waals surface area contributed by atoms with Crippen molar-refractivity contribution in [1.29, 1.82) is 0 Å². The lowest BCUT2D eigenvalue weighted by atomic mass is 10.3. The molecule has 78 valence electrons. The molecule has 0 atom stereocenters. The highest BCUT2D eigenvalue weighted by molar-refractivity contribution is 14.1. The molecule has 2 rings (SSSR count). The van der Waals surface area contributed by atoms with Crippen LogP contribution >= 0.6 is 45.5 Å². The van der Waals surface area contributed by atoms with Gasteiger partial charge in [0, 0.05) is 25.7 Å². The van der Waals surface area contributed by atoms with Crippen LogP contribution in [0.2, 0.25) is 5.02 Å². The van der Waals surface area contributed by atoms with Gasteiger partial charge in [-0.2, -0.15) is 0 Å². The van der Waals surface area contributed by atoms with Crippen molar-refractivity contribution in [2.75, 3.05) is 5.32 Å². The summed E-state index contributed by atoms with van der Waals surface area (Å²) in [5.41, 5.74) is 1.13. The second-order valence-corrected chi connectivity index (χ2v) is 5.69. The van der Waals surface area contributed by atoms with Crippen LogP contribution in [0.3, 0.4) is 0 Å². The summed E-state index contributed by atoms with van der Waals surface area (Å²) in [6.45, 7) is 0.870. The van der Waals surface area contributed by atoms with Crippen LogP contribution in [0.4, 0.5) is 5.69 Å². The average Bonchev–Trinajstić information content (AvgIpc) is 2.69. The molecule has 0 fully saturated rings. The minimum atomic E-state index is 0.779. The fourth-order valence-corrected chi connectivity index (χ4v) is 2.94. The number of nitrogens with one attached hydrogen (secondary N) is 1. The lowest BCUT2D eigenvalue weighted by Gasteiger charge is -2.07. The van der Waals surface area contributed by atoms with Gasteiger partial charge in [0.05, 0.1) is 0 Å². The second kappa shape index (κ2) is 5.18. The van der Waals surface area contributed by atoms with Crippen LogP contribution in [-0.2, 0) is 6.54 Å². The maximum atomic E-state index is 5.89. The van der Waals surface area contributed by atoms with Crippen molar-refractivity contribution < 1.29 is 0 Å². The highest BCUT2D eigenvalue weighted by Gasteiger charge is 2.00. The third kappa shape index (κ3) is 3.09. The molecule has 1 nitrogen and oxygen atoms in total. The third-order valence-corrected chi connectivity index (χ3v) is 3.97. The Labute approximate surface area is 112 Å². The Bertz CT molecular complexity index is 442. The molecule has 1 heterocycles. The van der Waals surface area contributed by atoms with E-state index in [0.717, 1.165) is 20.8 Å². The van der Waals surface area contributed by atoms with Crippen LogP contribution in [0.25, 0.3) is 0 Å². The zero-order chi connectivity index (χ0) is 10.7. The summed E-state index contributed by atoms with van der Waals surface area (Å²) in [5, 5.41) is 6.25. The van der Waals surface area contributed by atoms with Gasteiger partial charge in [-0.05, 0) is 52.2 Å². The maximum absolute atomic E-state index is 5.89. The monoisotopic (exact) mass is 349 g/mol. The molecule has 2 aromatic rings. The van der Waals surface area contributed by atoms with E-state index >= 15 is 0 Å². The van der Waals surface area contributed by atoms with Gasteiger partial charge >= 0.3 is 0 Å².